The Morgan fingerprint density at radius 3 is 2.46 bits per heavy atom. The molecule has 0 aliphatic heterocycles. The average Bonchev–Trinajstić information content (AvgIpc) is 2.70. The molecule has 5 rings (SSSR count). The molecule has 138 valence electrons. The molecule has 0 N–H and O–H groups in total. The van der Waals surface area contributed by atoms with Crippen LogP contribution >= 0.6 is 22.9 Å². The highest BCUT2D eigenvalue weighted by Gasteiger charge is 2.10. The molecule has 1 aromatic heterocycles. The molecule has 28 heavy (non-hydrogen) atoms. The van der Waals surface area contributed by atoms with Crippen LogP contribution in [-0.4, -0.2) is 0 Å². The van der Waals surface area contributed by atoms with E-state index in [1.165, 1.54) is 34.6 Å². The van der Waals surface area contributed by atoms with Crippen LogP contribution in [0.15, 0.2) is 65.5 Å². The zero-order valence-electron chi connectivity index (χ0n) is 15.6. The van der Waals surface area contributed by atoms with Crippen LogP contribution in [0.1, 0.15) is 25.3 Å². The molecule has 0 fully saturated rings. The molecule has 0 unspecified atom stereocenters. The second-order valence-electron chi connectivity index (χ2n) is 7.36. The first-order valence-corrected chi connectivity index (χ1v) is 10.8. The van der Waals surface area contributed by atoms with Crippen LogP contribution in [0, 0.1) is 0 Å². The summed E-state index contributed by atoms with van der Waals surface area (Å²) in [5.74, 6) is 0. The van der Waals surface area contributed by atoms with Crippen LogP contribution in [0.4, 0.5) is 0 Å². The summed E-state index contributed by atoms with van der Waals surface area (Å²) in [6.07, 6.45) is 3.46. The molecule has 1 nitrogen and oxygen atoms in total. The minimum atomic E-state index is 0.0625. The van der Waals surface area contributed by atoms with Crippen molar-refractivity contribution in [1.82, 2.24) is 0 Å². The summed E-state index contributed by atoms with van der Waals surface area (Å²) >= 11 is 7.78. The third-order valence-corrected chi connectivity index (χ3v) is 6.85. The minimum absolute atomic E-state index is 0.0625. The molecular weight excluding hydrogens is 384 g/mol. The van der Waals surface area contributed by atoms with Crippen LogP contribution in [-0.2, 0) is 6.42 Å². The molecule has 0 saturated heterocycles. The summed E-state index contributed by atoms with van der Waals surface area (Å²) in [6, 6.07) is 20.8. The second-order valence-corrected chi connectivity index (χ2v) is 8.88. The van der Waals surface area contributed by atoms with Crippen LogP contribution in [0.2, 0.25) is 5.02 Å². The summed E-state index contributed by atoms with van der Waals surface area (Å²) in [5.41, 5.74) is 1.45. The van der Waals surface area contributed by atoms with Gasteiger partial charge in [-0.15, -0.1) is 11.3 Å². The SMILES string of the molecule is CCCCc1cccc2cc3cc4sc5ccc(Cl)cc5c(=O)c4cc3cc12. The fraction of sp³-hybridized carbons (Fsp3) is 0.160. The van der Waals surface area contributed by atoms with E-state index in [2.05, 4.69) is 49.4 Å². The zero-order valence-corrected chi connectivity index (χ0v) is 17.2. The van der Waals surface area contributed by atoms with Gasteiger partial charge < -0.3 is 0 Å². The lowest BCUT2D eigenvalue weighted by atomic mass is 9.96. The Balaban J connectivity index is 1.83. The van der Waals surface area contributed by atoms with E-state index in [0.717, 1.165) is 26.6 Å². The number of halogens is 1. The zero-order chi connectivity index (χ0) is 19.3. The summed E-state index contributed by atoms with van der Waals surface area (Å²) in [6.45, 7) is 2.22. The van der Waals surface area contributed by atoms with Crippen molar-refractivity contribution in [2.45, 2.75) is 26.2 Å². The first-order valence-electron chi connectivity index (χ1n) is 9.65. The van der Waals surface area contributed by atoms with E-state index in [4.69, 9.17) is 11.6 Å². The Kier molecular flexibility index (Phi) is 4.34. The predicted molar refractivity (Wildman–Crippen MR) is 124 cm³/mol. The average molecular weight is 403 g/mol. The summed E-state index contributed by atoms with van der Waals surface area (Å²) in [7, 11) is 0. The van der Waals surface area contributed by atoms with Crippen LogP contribution in [0.5, 0.6) is 0 Å². The first kappa shape index (κ1) is 17.7. The standard InChI is InChI=1S/C25H19ClOS/c1-2-3-5-15-6-4-7-16-10-17-13-24-21(12-18(17)11-20(15)16)25(27)22-14-19(26)8-9-23(22)28-24/h4,6-14H,2-3,5H2,1H3. The molecule has 0 spiro atoms. The first-order chi connectivity index (χ1) is 13.6. The van der Waals surface area contributed by atoms with Gasteiger partial charge in [-0.2, -0.15) is 0 Å². The van der Waals surface area contributed by atoms with E-state index in [-0.39, 0.29) is 5.43 Å². The Labute approximate surface area is 172 Å². The van der Waals surface area contributed by atoms with Crippen molar-refractivity contribution in [1.29, 1.82) is 0 Å². The molecule has 0 bridgehead atoms. The third kappa shape index (κ3) is 2.88. The minimum Gasteiger partial charge on any atom is -0.289 e. The highest BCUT2D eigenvalue weighted by molar-refractivity contribution is 7.24. The van der Waals surface area contributed by atoms with Gasteiger partial charge in [0.2, 0.25) is 0 Å². The maximum Gasteiger partial charge on any atom is 0.195 e. The molecule has 4 aromatic carbocycles. The number of benzene rings is 4. The van der Waals surface area contributed by atoms with Crippen LogP contribution in [0.25, 0.3) is 41.7 Å². The van der Waals surface area contributed by atoms with E-state index in [1.807, 2.05) is 12.1 Å². The fourth-order valence-corrected chi connectivity index (χ4v) is 5.25. The predicted octanol–water partition coefficient (Wildman–Crippen LogP) is 7.72. The van der Waals surface area contributed by atoms with Gasteiger partial charge in [0.1, 0.15) is 0 Å². The van der Waals surface area contributed by atoms with Crippen molar-refractivity contribution in [3.05, 3.63) is 81.5 Å². The number of hydrogen-bond acceptors (Lipinski definition) is 2. The Bertz CT molecular complexity index is 1430. The van der Waals surface area contributed by atoms with Gasteiger partial charge in [0.05, 0.1) is 0 Å². The molecule has 0 atom stereocenters. The summed E-state index contributed by atoms with van der Waals surface area (Å²) < 4.78 is 2.00. The van der Waals surface area contributed by atoms with Gasteiger partial charge in [-0.1, -0.05) is 43.1 Å². The van der Waals surface area contributed by atoms with Crippen molar-refractivity contribution in [2.75, 3.05) is 0 Å². The molecule has 0 radical (unpaired) electrons. The lowest BCUT2D eigenvalue weighted by Gasteiger charge is -2.09. The van der Waals surface area contributed by atoms with E-state index in [0.29, 0.717) is 10.4 Å². The van der Waals surface area contributed by atoms with Crippen molar-refractivity contribution < 1.29 is 0 Å². The maximum atomic E-state index is 13.1. The number of hydrogen-bond donors (Lipinski definition) is 0. The van der Waals surface area contributed by atoms with Gasteiger partial charge in [0, 0.05) is 25.2 Å². The van der Waals surface area contributed by atoms with Gasteiger partial charge >= 0.3 is 0 Å². The number of aryl methyl sites for hydroxylation is 1. The highest BCUT2D eigenvalue weighted by atomic mass is 35.5. The van der Waals surface area contributed by atoms with Crippen LogP contribution in [0.3, 0.4) is 0 Å². The van der Waals surface area contributed by atoms with Gasteiger partial charge in [-0.05, 0) is 82.4 Å². The van der Waals surface area contributed by atoms with E-state index >= 15 is 0 Å². The highest BCUT2D eigenvalue weighted by Crippen LogP contribution is 2.32. The number of rotatable bonds is 3. The van der Waals surface area contributed by atoms with Gasteiger partial charge in [-0.3, -0.25) is 4.79 Å². The van der Waals surface area contributed by atoms with E-state index < -0.39 is 0 Å². The molecule has 0 saturated carbocycles. The van der Waals surface area contributed by atoms with Gasteiger partial charge in [0.15, 0.2) is 5.43 Å². The largest absolute Gasteiger partial charge is 0.289 e. The second kappa shape index (κ2) is 6.88. The lowest BCUT2D eigenvalue weighted by molar-refractivity contribution is 0.799. The molecule has 0 aliphatic rings. The Morgan fingerprint density at radius 2 is 1.61 bits per heavy atom. The van der Waals surface area contributed by atoms with Gasteiger partial charge in [-0.25, -0.2) is 0 Å². The van der Waals surface area contributed by atoms with Crippen LogP contribution < -0.4 is 5.43 Å². The molecule has 3 heteroatoms. The number of fused-ring (bicyclic) bond motifs is 4. The normalized spacial score (nSPS) is 11.8. The van der Waals surface area contributed by atoms with Crippen molar-refractivity contribution in [2.24, 2.45) is 0 Å². The molecule has 1 heterocycles. The summed E-state index contributed by atoms with van der Waals surface area (Å²) in [4.78, 5) is 13.1. The van der Waals surface area contributed by atoms with Gasteiger partial charge in [0.25, 0.3) is 0 Å². The Morgan fingerprint density at radius 1 is 0.821 bits per heavy atom. The topological polar surface area (TPSA) is 17.1 Å². The molecular formula is C25H19ClOS. The summed E-state index contributed by atoms with van der Waals surface area (Å²) in [5, 5.41) is 6.93. The number of unbranched alkanes of at least 4 members (excludes halogenated alkanes) is 1. The smallest absolute Gasteiger partial charge is 0.195 e. The fourth-order valence-electron chi connectivity index (χ4n) is 4.00. The molecule has 0 aliphatic carbocycles. The maximum absolute atomic E-state index is 13.1. The molecule has 0 amide bonds. The van der Waals surface area contributed by atoms with Crippen molar-refractivity contribution in [3.63, 3.8) is 0 Å². The van der Waals surface area contributed by atoms with Crippen molar-refractivity contribution >= 4 is 64.7 Å². The monoisotopic (exact) mass is 402 g/mol. The van der Waals surface area contributed by atoms with E-state index in [1.54, 1.807) is 17.4 Å². The molecule has 5 aromatic rings. The third-order valence-electron chi connectivity index (χ3n) is 5.48. The van der Waals surface area contributed by atoms with Crippen molar-refractivity contribution in [3.8, 4) is 0 Å². The quantitative estimate of drug-likeness (QED) is 0.282. The van der Waals surface area contributed by atoms with E-state index in [9.17, 15) is 4.79 Å². The Hall–Kier alpha value is -2.42. The lowest BCUT2D eigenvalue weighted by Crippen LogP contribution is -2.01.